The molecule has 4 aromatic carbocycles. The fourth-order valence-corrected chi connectivity index (χ4v) is 11.2. The van der Waals surface area contributed by atoms with Gasteiger partial charge in [-0.3, -0.25) is 0 Å². The Bertz CT molecular complexity index is 1500. The molecule has 2 heterocycles. The van der Waals surface area contributed by atoms with Crippen LogP contribution in [0.4, 0.5) is 0 Å². The van der Waals surface area contributed by atoms with E-state index in [1.807, 2.05) is 11.8 Å². The predicted octanol–water partition coefficient (Wildman–Crippen LogP) is 2.68. The number of halogens is 3. The molecule has 2 atom stereocenters. The van der Waals surface area contributed by atoms with Crippen LogP contribution in [0.3, 0.4) is 0 Å². The third kappa shape index (κ3) is 4.67. The van der Waals surface area contributed by atoms with Gasteiger partial charge in [0.15, 0.2) is 0 Å². The van der Waals surface area contributed by atoms with Crippen LogP contribution in [0.1, 0.15) is 45.2 Å². The topological polar surface area (TPSA) is 0 Å². The molecule has 0 radical (unpaired) electrons. The molecule has 2 unspecified atom stereocenters. The molecule has 6 bridgehead atoms. The Morgan fingerprint density at radius 1 is 0.629 bits per heavy atom. The van der Waals surface area contributed by atoms with Crippen LogP contribution in [0.15, 0.2) is 112 Å². The van der Waals surface area contributed by atoms with Crippen molar-refractivity contribution >= 4 is 39.8 Å². The first-order chi connectivity index (χ1) is 16.2. The quantitative estimate of drug-likeness (QED) is 0.287. The van der Waals surface area contributed by atoms with Crippen molar-refractivity contribution in [1.29, 1.82) is 0 Å². The van der Waals surface area contributed by atoms with E-state index in [-0.39, 0.29) is 48.0 Å². The van der Waals surface area contributed by atoms with Gasteiger partial charge in [-0.05, 0) is 0 Å². The van der Waals surface area contributed by atoms with Crippen LogP contribution in [0, 0.1) is 0 Å². The molecule has 2 aliphatic heterocycles. The minimum atomic E-state index is -1.03. The molecule has 0 amide bonds. The van der Waals surface area contributed by atoms with Crippen molar-refractivity contribution in [3.63, 3.8) is 0 Å². The average molecular weight is 836 g/mol. The van der Waals surface area contributed by atoms with Gasteiger partial charge >= 0.3 is 220 Å². The fraction of sp³-hybridized carbons (Fsp3) is 0.0667. The summed E-state index contributed by atoms with van der Waals surface area (Å²) in [5, 5.41) is 0. The molecule has 0 saturated heterocycles. The zero-order valence-corrected chi connectivity index (χ0v) is 27.7. The summed E-state index contributed by atoms with van der Waals surface area (Å²) in [5.74, 6) is 0.766. The fourth-order valence-electron chi connectivity index (χ4n) is 5.44. The third-order valence-corrected chi connectivity index (χ3v) is 12.1. The first-order valence-electron chi connectivity index (χ1n) is 11.2. The van der Waals surface area contributed by atoms with Crippen LogP contribution < -0.4 is 48.0 Å². The van der Waals surface area contributed by atoms with E-state index in [2.05, 4.69) is 119 Å². The molecule has 0 aromatic heterocycles. The molecule has 4 aliphatic rings. The van der Waals surface area contributed by atoms with Crippen LogP contribution in [-0.4, -0.2) is 0 Å². The van der Waals surface area contributed by atoms with E-state index in [0.717, 1.165) is 0 Å². The summed E-state index contributed by atoms with van der Waals surface area (Å²) in [6.07, 6.45) is 5.05. The Hall–Kier alpha value is -0.467. The maximum atomic E-state index is 3.88. The molecule has 2 aliphatic carbocycles. The predicted molar refractivity (Wildman–Crippen MR) is 137 cm³/mol. The molecular weight excluding hydrogens is 817 g/mol. The van der Waals surface area contributed by atoms with Crippen LogP contribution in [0.5, 0.6) is 0 Å². The molecule has 170 valence electrons. The van der Waals surface area contributed by atoms with E-state index >= 15 is 0 Å². The normalized spacial score (nSPS) is 18.1. The minimum absolute atomic E-state index is 0. The number of hydrogen-bond acceptors (Lipinski definition) is 1. The first-order valence-corrected chi connectivity index (χ1v) is 15.3. The van der Waals surface area contributed by atoms with E-state index in [1.54, 1.807) is 6.56 Å². The third-order valence-electron chi connectivity index (χ3n) is 6.84. The zero-order chi connectivity index (χ0) is 21.9. The van der Waals surface area contributed by atoms with Crippen LogP contribution in [0.25, 0.3) is 12.2 Å². The summed E-state index contributed by atoms with van der Waals surface area (Å²) < 4.78 is 4.55. The van der Waals surface area contributed by atoms with Crippen molar-refractivity contribution in [2.75, 3.05) is 0 Å². The molecule has 0 saturated carbocycles. The van der Waals surface area contributed by atoms with Crippen molar-refractivity contribution in [2.45, 2.75) is 21.6 Å². The Kier molecular flexibility index (Phi) is 8.01. The van der Waals surface area contributed by atoms with Gasteiger partial charge in [0.1, 0.15) is 0 Å². The van der Waals surface area contributed by atoms with Gasteiger partial charge in [-0.1, -0.05) is 0 Å². The van der Waals surface area contributed by atoms with Crippen LogP contribution in [-0.2, 0) is 23.2 Å². The largest absolute Gasteiger partial charge is 1.00 e. The van der Waals surface area contributed by atoms with Crippen molar-refractivity contribution in [1.82, 2.24) is 0 Å². The van der Waals surface area contributed by atoms with Gasteiger partial charge in [-0.25, -0.2) is 0 Å². The van der Waals surface area contributed by atoms with E-state index in [9.17, 15) is 0 Å². The molecule has 35 heavy (non-hydrogen) atoms. The second-order valence-electron chi connectivity index (χ2n) is 8.81. The van der Waals surface area contributed by atoms with Gasteiger partial charge in [0.25, 0.3) is 0 Å². The smallest absolute Gasteiger partial charge is 1.00 e. The minimum Gasteiger partial charge on any atom is -1.00 e. The second-order valence-corrected chi connectivity index (χ2v) is 14.3. The SMILES string of the molecule is Brc1cccc2c1C(c1ccccc1)[C]([Zr+2][C]1=Cc3cc4ccc3C1c1cccc(c1)S4)=C2.[I-].[I-]. The zero-order valence-electron chi connectivity index (χ0n) is 18.5. The standard InChI is InChI=1S/C15H10Br.C15H9S.2HI.Zr/c16-14-8-4-7-12-9-10-13(15(12)14)11-5-2-1-3-6-11;1-2-10-8-12(3-1)16-13-5-7-15-11(9-13)4-6-14(10)15;;;/h1-9,13H;1-5,7-9,14H;2*1H;/q;;;;+2/p-2. The monoisotopic (exact) mass is 834 g/mol. The summed E-state index contributed by atoms with van der Waals surface area (Å²) in [6, 6.07) is 34.0. The van der Waals surface area contributed by atoms with Gasteiger partial charge in [0.05, 0.1) is 0 Å². The van der Waals surface area contributed by atoms with E-state index in [0.29, 0.717) is 11.8 Å². The maximum absolute atomic E-state index is 3.88. The number of rotatable bonds is 3. The van der Waals surface area contributed by atoms with Crippen LogP contribution in [0.2, 0.25) is 0 Å². The number of fused-ring (bicyclic) bond motifs is 2. The molecule has 0 fully saturated rings. The van der Waals surface area contributed by atoms with E-state index in [4.69, 9.17) is 0 Å². The molecule has 5 heteroatoms. The summed E-state index contributed by atoms with van der Waals surface area (Å²) in [5.41, 5.74) is 8.59. The summed E-state index contributed by atoms with van der Waals surface area (Å²) in [6.45, 7) is 0. The van der Waals surface area contributed by atoms with Crippen LogP contribution >= 0.6 is 27.7 Å². The van der Waals surface area contributed by atoms with Crippen molar-refractivity contribution < 1.29 is 71.2 Å². The molecule has 0 N–H and O–H groups in total. The number of hydrogen-bond donors (Lipinski definition) is 0. The molecular formula is C30H19BrI2SZr. The first kappa shape index (κ1) is 26.2. The van der Waals surface area contributed by atoms with Crippen molar-refractivity contribution in [3.05, 3.63) is 135 Å². The summed E-state index contributed by atoms with van der Waals surface area (Å²) in [7, 11) is 0. The van der Waals surface area contributed by atoms with E-state index < -0.39 is 23.2 Å². The maximum Gasteiger partial charge on any atom is -1.00 e. The molecule has 0 nitrogen and oxygen atoms in total. The molecule has 0 spiro atoms. The Morgan fingerprint density at radius 3 is 2.20 bits per heavy atom. The number of allylic oxidation sites excluding steroid dienone is 2. The van der Waals surface area contributed by atoms with Crippen molar-refractivity contribution in [2.24, 2.45) is 0 Å². The second kappa shape index (κ2) is 10.7. The number of benzene rings is 4. The molecule has 8 rings (SSSR count). The van der Waals surface area contributed by atoms with Gasteiger partial charge in [0, 0.05) is 0 Å². The summed E-state index contributed by atoms with van der Waals surface area (Å²) in [4.78, 5) is 2.69. The van der Waals surface area contributed by atoms with Gasteiger partial charge in [0.2, 0.25) is 0 Å². The van der Waals surface area contributed by atoms with Gasteiger partial charge < -0.3 is 48.0 Å². The Morgan fingerprint density at radius 2 is 1.34 bits per heavy atom. The average Bonchev–Trinajstić information content (AvgIpc) is 3.39. The van der Waals surface area contributed by atoms with Gasteiger partial charge in [-0.2, -0.15) is 0 Å². The van der Waals surface area contributed by atoms with E-state index in [1.165, 1.54) is 47.6 Å². The molecule has 4 aromatic rings. The summed E-state index contributed by atoms with van der Waals surface area (Å²) >= 11 is 4.73. The van der Waals surface area contributed by atoms with Gasteiger partial charge in [-0.15, -0.1) is 0 Å². The van der Waals surface area contributed by atoms with Crippen molar-refractivity contribution in [3.8, 4) is 0 Å². The Balaban J connectivity index is 0.00000127. The Labute approximate surface area is 264 Å².